The van der Waals surface area contributed by atoms with Gasteiger partial charge in [-0.3, -0.25) is 0 Å². The Morgan fingerprint density at radius 2 is 2.04 bits per heavy atom. The number of anilines is 1. The van der Waals surface area contributed by atoms with Gasteiger partial charge in [0.15, 0.2) is 11.5 Å². The third kappa shape index (κ3) is 2.43. The maximum absolute atomic E-state index is 12.6. The molecule has 2 aliphatic heterocycles. The summed E-state index contributed by atoms with van der Waals surface area (Å²) in [6.45, 7) is 2.57. The number of benzene rings is 3. The first-order valence-corrected chi connectivity index (χ1v) is 9.32. The van der Waals surface area contributed by atoms with E-state index in [-0.39, 0.29) is 24.4 Å². The molecule has 0 aromatic heterocycles. The minimum atomic E-state index is -0.363. The highest BCUT2D eigenvalue weighted by atomic mass is 16.5. The molecule has 5 heteroatoms. The summed E-state index contributed by atoms with van der Waals surface area (Å²) in [7, 11) is 0. The molecule has 5 rings (SSSR count). The molecule has 0 fully saturated rings. The van der Waals surface area contributed by atoms with Gasteiger partial charge in [0.1, 0.15) is 6.61 Å². The monoisotopic (exact) mass is 373 g/mol. The van der Waals surface area contributed by atoms with Crippen LogP contribution < -0.4 is 10.1 Å². The lowest BCUT2D eigenvalue weighted by Crippen LogP contribution is -2.22. The van der Waals surface area contributed by atoms with Gasteiger partial charge in [-0.1, -0.05) is 36.4 Å². The SMILES string of the molecule is CCOc1cc(C2Nc3ccc4ccccc4c3C3=C2C(=O)OC3)ccc1O. The second-order valence-corrected chi connectivity index (χ2v) is 6.92. The number of carbonyl (C=O) groups is 1. The van der Waals surface area contributed by atoms with Crippen LogP contribution >= 0.6 is 0 Å². The van der Waals surface area contributed by atoms with Gasteiger partial charge in [0.2, 0.25) is 0 Å². The van der Waals surface area contributed by atoms with Crippen molar-refractivity contribution >= 4 is 28.0 Å². The maximum atomic E-state index is 12.6. The number of phenols is 1. The molecule has 0 radical (unpaired) electrons. The average molecular weight is 373 g/mol. The zero-order chi connectivity index (χ0) is 19.3. The van der Waals surface area contributed by atoms with Crippen molar-refractivity contribution in [1.82, 2.24) is 0 Å². The van der Waals surface area contributed by atoms with Crippen molar-refractivity contribution in [3.05, 3.63) is 71.3 Å². The number of ether oxygens (including phenoxy) is 2. The van der Waals surface area contributed by atoms with E-state index in [1.165, 1.54) is 0 Å². The molecule has 2 heterocycles. The van der Waals surface area contributed by atoms with Gasteiger partial charge in [0.25, 0.3) is 0 Å². The molecule has 5 nitrogen and oxygen atoms in total. The summed E-state index contributed by atoms with van der Waals surface area (Å²) in [5.41, 5.74) is 4.38. The van der Waals surface area contributed by atoms with Crippen molar-refractivity contribution in [3.63, 3.8) is 0 Å². The van der Waals surface area contributed by atoms with Crippen LogP contribution in [0, 0.1) is 0 Å². The van der Waals surface area contributed by atoms with E-state index in [1.54, 1.807) is 18.2 Å². The smallest absolute Gasteiger partial charge is 0.337 e. The molecular formula is C23H19NO4. The van der Waals surface area contributed by atoms with Crippen LogP contribution in [0.3, 0.4) is 0 Å². The first-order valence-electron chi connectivity index (χ1n) is 9.32. The molecule has 3 aromatic rings. The number of esters is 1. The first-order chi connectivity index (χ1) is 13.7. The van der Waals surface area contributed by atoms with Crippen LogP contribution in [0.5, 0.6) is 11.5 Å². The van der Waals surface area contributed by atoms with Gasteiger partial charge >= 0.3 is 5.97 Å². The molecule has 140 valence electrons. The van der Waals surface area contributed by atoms with Gasteiger partial charge in [0.05, 0.1) is 18.2 Å². The van der Waals surface area contributed by atoms with Crippen LogP contribution in [0.2, 0.25) is 0 Å². The lowest BCUT2D eigenvalue weighted by molar-refractivity contribution is -0.136. The molecule has 0 spiro atoms. The molecule has 2 aliphatic rings. The summed E-state index contributed by atoms with van der Waals surface area (Å²) in [5, 5.41) is 15.7. The highest BCUT2D eigenvalue weighted by molar-refractivity contribution is 6.11. The van der Waals surface area contributed by atoms with Gasteiger partial charge in [-0.05, 0) is 41.5 Å². The van der Waals surface area contributed by atoms with E-state index in [4.69, 9.17) is 9.47 Å². The molecule has 0 bridgehead atoms. The summed E-state index contributed by atoms with van der Waals surface area (Å²) >= 11 is 0. The number of hydrogen-bond donors (Lipinski definition) is 2. The Kier molecular flexibility index (Phi) is 3.76. The van der Waals surface area contributed by atoms with Gasteiger partial charge in [-0.15, -0.1) is 0 Å². The Hall–Kier alpha value is -3.47. The van der Waals surface area contributed by atoms with Crippen molar-refractivity contribution in [3.8, 4) is 11.5 Å². The highest BCUT2D eigenvalue weighted by Crippen LogP contribution is 2.47. The predicted molar refractivity (Wildman–Crippen MR) is 107 cm³/mol. The van der Waals surface area contributed by atoms with Crippen LogP contribution in [0.1, 0.15) is 24.1 Å². The van der Waals surface area contributed by atoms with Gasteiger partial charge < -0.3 is 19.9 Å². The molecule has 28 heavy (non-hydrogen) atoms. The quantitative estimate of drug-likeness (QED) is 0.665. The number of carbonyl (C=O) groups excluding carboxylic acids is 1. The van der Waals surface area contributed by atoms with Crippen LogP contribution in [0.4, 0.5) is 5.69 Å². The number of cyclic esters (lactones) is 1. The largest absolute Gasteiger partial charge is 0.504 e. The molecule has 2 N–H and O–H groups in total. The second kappa shape index (κ2) is 6.30. The fourth-order valence-electron chi connectivity index (χ4n) is 4.09. The minimum Gasteiger partial charge on any atom is -0.504 e. The summed E-state index contributed by atoms with van der Waals surface area (Å²) in [5.74, 6) is 0.174. The number of hydrogen-bond acceptors (Lipinski definition) is 5. The number of phenolic OH excluding ortho intramolecular Hbond substituents is 1. The van der Waals surface area contributed by atoms with Crippen LogP contribution in [-0.2, 0) is 9.53 Å². The normalized spacial score (nSPS) is 17.8. The Morgan fingerprint density at radius 1 is 1.18 bits per heavy atom. The van der Waals surface area contributed by atoms with Crippen LogP contribution in [-0.4, -0.2) is 24.3 Å². The van der Waals surface area contributed by atoms with E-state index in [2.05, 4.69) is 23.5 Å². The molecule has 1 unspecified atom stereocenters. The average Bonchev–Trinajstić information content (AvgIpc) is 3.11. The summed E-state index contributed by atoms with van der Waals surface area (Å²) in [6.07, 6.45) is 0. The topological polar surface area (TPSA) is 67.8 Å². The Balaban J connectivity index is 1.70. The van der Waals surface area contributed by atoms with Gasteiger partial charge in [0, 0.05) is 16.8 Å². The molecule has 0 saturated heterocycles. The first kappa shape index (κ1) is 16.7. The maximum Gasteiger partial charge on any atom is 0.337 e. The number of fused-ring (bicyclic) bond motifs is 4. The third-order valence-corrected chi connectivity index (χ3v) is 5.33. The van der Waals surface area contributed by atoms with Crippen LogP contribution in [0.15, 0.2) is 60.2 Å². The second-order valence-electron chi connectivity index (χ2n) is 6.92. The fraction of sp³-hybridized carbons (Fsp3) is 0.174. The van der Waals surface area contributed by atoms with Gasteiger partial charge in [-0.25, -0.2) is 4.79 Å². The zero-order valence-electron chi connectivity index (χ0n) is 15.4. The third-order valence-electron chi connectivity index (χ3n) is 5.33. The number of nitrogens with one attached hydrogen (secondary N) is 1. The van der Waals surface area contributed by atoms with E-state index >= 15 is 0 Å². The molecule has 1 atom stereocenters. The van der Waals surface area contributed by atoms with Crippen molar-refractivity contribution in [2.45, 2.75) is 13.0 Å². The highest BCUT2D eigenvalue weighted by Gasteiger charge is 2.38. The summed E-state index contributed by atoms with van der Waals surface area (Å²) in [6, 6.07) is 17.1. The Labute approximate surface area is 162 Å². The van der Waals surface area contributed by atoms with E-state index in [0.29, 0.717) is 17.9 Å². The van der Waals surface area contributed by atoms with E-state index in [9.17, 15) is 9.90 Å². The van der Waals surface area contributed by atoms with Crippen molar-refractivity contribution in [2.75, 3.05) is 18.5 Å². The lowest BCUT2D eigenvalue weighted by atomic mass is 9.85. The lowest BCUT2D eigenvalue weighted by Gasteiger charge is -2.29. The predicted octanol–water partition coefficient (Wildman–Crippen LogP) is 4.42. The summed E-state index contributed by atoms with van der Waals surface area (Å²) in [4.78, 5) is 12.6. The van der Waals surface area contributed by atoms with Crippen molar-refractivity contribution < 1.29 is 19.4 Å². The zero-order valence-corrected chi connectivity index (χ0v) is 15.4. The number of aromatic hydroxyl groups is 1. The van der Waals surface area contributed by atoms with Crippen molar-refractivity contribution in [2.24, 2.45) is 0 Å². The van der Waals surface area contributed by atoms with Crippen LogP contribution in [0.25, 0.3) is 16.3 Å². The Bertz CT molecular complexity index is 1150. The molecular weight excluding hydrogens is 354 g/mol. The summed E-state index contributed by atoms with van der Waals surface area (Å²) < 4.78 is 10.9. The fourth-order valence-corrected chi connectivity index (χ4v) is 4.09. The molecule has 0 saturated carbocycles. The number of rotatable bonds is 3. The van der Waals surface area contributed by atoms with E-state index < -0.39 is 0 Å². The molecule has 3 aromatic carbocycles. The molecule has 0 aliphatic carbocycles. The van der Waals surface area contributed by atoms with Crippen molar-refractivity contribution in [1.29, 1.82) is 0 Å². The van der Waals surface area contributed by atoms with Gasteiger partial charge in [-0.2, -0.15) is 0 Å². The Morgan fingerprint density at radius 3 is 2.89 bits per heavy atom. The van der Waals surface area contributed by atoms with E-state index in [1.807, 2.05) is 25.1 Å². The minimum absolute atomic E-state index is 0.0796. The molecule has 0 amide bonds. The standard InChI is InChI=1S/C23H19NO4/c1-2-27-19-11-14(8-10-18(19)25)22-21-16(12-28-23(21)26)20-15-6-4-3-5-13(15)7-9-17(20)24-22/h3-11,22,24-25H,2,12H2,1H3. The van der Waals surface area contributed by atoms with E-state index in [0.717, 1.165) is 33.2 Å².